The van der Waals surface area contributed by atoms with Gasteiger partial charge in [-0.15, -0.1) is 0 Å². The number of hydrogen-bond acceptors (Lipinski definition) is 6. The molecular formula is C17H22O6. The SMILES string of the molecule is CCCCCOC(=O)COCC(=O)Oc1ccc(C(C)=O)cc1. The van der Waals surface area contributed by atoms with Gasteiger partial charge in [-0.1, -0.05) is 19.8 Å². The molecule has 126 valence electrons. The van der Waals surface area contributed by atoms with Crippen LogP contribution in [0.4, 0.5) is 0 Å². The van der Waals surface area contributed by atoms with Gasteiger partial charge in [0.15, 0.2) is 5.78 Å². The summed E-state index contributed by atoms with van der Waals surface area (Å²) >= 11 is 0. The number of carbonyl (C=O) groups excluding carboxylic acids is 3. The number of rotatable bonds is 10. The third kappa shape index (κ3) is 8.11. The molecule has 0 radical (unpaired) electrons. The lowest BCUT2D eigenvalue weighted by Gasteiger charge is -2.06. The van der Waals surface area contributed by atoms with Crippen LogP contribution in [-0.2, 0) is 19.1 Å². The van der Waals surface area contributed by atoms with Crippen molar-refractivity contribution in [2.75, 3.05) is 19.8 Å². The molecule has 0 atom stereocenters. The van der Waals surface area contributed by atoms with Gasteiger partial charge in [-0.2, -0.15) is 0 Å². The van der Waals surface area contributed by atoms with Crippen LogP contribution < -0.4 is 4.74 Å². The molecule has 0 aliphatic heterocycles. The van der Waals surface area contributed by atoms with Gasteiger partial charge >= 0.3 is 11.9 Å². The second-order valence-corrected chi connectivity index (χ2v) is 4.98. The highest BCUT2D eigenvalue weighted by Gasteiger charge is 2.09. The van der Waals surface area contributed by atoms with Crippen LogP contribution in [0.2, 0.25) is 0 Å². The molecule has 1 aromatic carbocycles. The number of benzene rings is 1. The average molecular weight is 322 g/mol. The van der Waals surface area contributed by atoms with E-state index in [0.717, 1.165) is 19.3 Å². The monoisotopic (exact) mass is 322 g/mol. The topological polar surface area (TPSA) is 78.9 Å². The van der Waals surface area contributed by atoms with E-state index in [-0.39, 0.29) is 19.0 Å². The molecule has 0 N–H and O–H groups in total. The third-order valence-electron chi connectivity index (χ3n) is 2.94. The van der Waals surface area contributed by atoms with Crippen LogP contribution in [-0.4, -0.2) is 37.5 Å². The number of Topliss-reactive ketones (excluding diaryl/α,β-unsaturated/α-hetero) is 1. The predicted molar refractivity (Wildman–Crippen MR) is 83.4 cm³/mol. The summed E-state index contributed by atoms with van der Waals surface area (Å²) in [5.74, 6) is -0.881. The van der Waals surface area contributed by atoms with Gasteiger partial charge in [-0.05, 0) is 37.6 Å². The maximum atomic E-state index is 11.5. The Balaban J connectivity index is 2.21. The summed E-state index contributed by atoms with van der Waals surface area (Å²) in [5.41, 5.74) is 0.534. The zero-order valence-electron chi connectivity index (χ0n) is 13.5. The Morgan fingerprint density at radius 2 is 1.61 bits per heavy atom. The first-order valence-corrected chi connectivity index (χ1v) is 7.58. The van der Waals surface area contributed by atoms with Crippen molar-refractivity contribution in [2.45, 2.75) is 33.1 Å². The van der Waals surface area contributed by atoms with Crippen molar-refractivity contribution in [1.82, 2.24) is 0 Å². The van der Waals surface area contributed by atoms with Crippen LogP contribution in [0.25, 0.3) is 0 Å². The molecule has 0 fully saturated rings. The van der Waals surface area contributed by atoms with Crippen molar-refractivity contribution in [2.24, 2.45) is 0 Å². The lowest BCUT2D eigenvalue weighted by molar-refractivity contribution is -0.152. The summed E-state index contributed by atoms with van der Waals surface area (Å²) < 4.78 is 14.9. The van der Waals surface area contributed by atoms with Crippen molar-refractivity contribution in [3.05, 3.63) is 29.8 Å². The van der Waals surface area contributed by atoms with E-state index in [0.29, 0.717) is 17.9 Å². The van der Waals surface area contributed by atoms with Crippen LogP contribution in [0, 0.1) is 0 Å². The van der Waals surface area contributed by atoms with Crippen molar-refractivity contribution in [3.8, 4) is 5.75 Å². The summed E-state index contributed by atoms with van der Waals surface area (Å²) in [4.78, 5) is 34.0. The average Bonchev–Trinajstić information content (AvgIpc) is 2.52. The minimum atomic E-state index is -0.626. The van der Waals surface area contributed by atoms with E-state index in [9.17, 15) is 14.4 Å². The summed E-state index contributed by atoms with van der Waals surface area (Å²) in [6, 6.07) is 6.19. The normalized spacial score (nSPS) is 10.2. The van der Waals surface area contributed by atoms with Crippen LogP contribution in [0.5, 0.6) is 5.75 Å². The Morgan fingerprint density at radius 3 is 2.22 bits per heavy atom. The second kappa shape index (κ2) is 10.5. The maximum absolute atomic E-state index is 11.5. The van der Waals surface area contributed by atoms with Crippen molar-refractivity contribution >= 4 is 17.7 Å². The molecule has 0 bridgehead atoms. The van der Waals surface area contributed by atoms with Crippen LogP contribution in [0.3, 0.4) is 0 Å². The minimum Gasteiger partial charge on any atom is -0.464 e. The number of ketones is 1. The third-order valence-corrected chi connectivity index (χ3v) is 2.94. The van der Waals surface area contributed by atoms with Gasteiger partial charge in [-0.3, -0.25) is 4.79 Å². The maximum Gasteiger partial charge on any atom is 0.337 e. The summed E-state index contributed by atoms with van der Waals surface area (Å²) in [7, 11) is 0. The number of esters is 2. The molecule has 0 aliphatic rings. The van der Waals surface area contributed by atoms with E-state index in [1.54, 1.807) is 12.1 Å². The molecule has 6 heteroatoms. The number of hydrogen-bond donors (Lipinski definition) is 0. The van der Waals surface area contributed by atoms with E-state index in [4.69, 9.17) is 14.2 Å². The van der Waals surface area contributed by atoms with E-state index < -0.39 is 11.9 Å². The van der Waals surface area contributed by atoms with E-state index in [2.05, 4.69) is 6.92 Å². The largest absolute Gasteiger partial charge is 0.464 e. The highest BCUT2D eigenvalue weighted by molar-refractivity contribution is 5.94. The Hall–Kier alpha value is -2.21. The quantitative estimate of drug-likeness (QED) is 0.285. The fourth-order valence-corrected chi connectivity index (χ4v) is 1.72. The fraction of sp³-hybridized carbons (Fsp3) is 0.471. The summed E-state index contributed by atoms with van der Waals surface area (Å²) in [5, 5.41) is 0. The van der Waals surface area contributed by atoms with E-state index in [1.165, 1.54) is 19.1 Å². The van der Waals surface area contributed by atoms with Gasteiger partial charge in [0.25, 0.3) is 0 Å². The van der Waals surface area contributed by atoms with E-state index >= 15 is 0 Å². The molecule has 0 heterocycles. The molecule has 1 rings (SSSR count). The molecule has 0 saturated heterocycles. The molecule has 0 aliphatic carbocycles. The smallest absolute Gasteiger partial charge is 0.337 e. The summed E-state index contributed by atoms with van der Waals surface area (Å²) in [6.07, 6.45) is 2.87. The van der Waals surface area contributed by atoms with Crippen molar-refractivity contribution in [1.29, 1.82) is 0 Å². The van der Waals surface area contributed by atoms with Gasteiger partial charge in [0.2, 0.25) is 0 Å². The molecule has 0 spiro atoms. The van der Waals surface area contributed by atoms with E-state index in [1.807, 2.05) is 0 Å². The first-order chi connectivity index (χ1) is 11.0. The molecule has 0 unspecified atom stereocenters. The highest BCUT2D eigenvalue weighted by Crippen LogP contribution is 2.12. The fourth-order valence-electron chi connectivity index (χ4n) is 1.72. The molecule has 0 saturated carbocycles. The number of ether oxygens (including phenoxy) is 3. The first-order valence-electron chi connectivity index (χ1n) is 7.58. The minimum absolute atomic E-state index is 0.0661. The standard InChI is InChI=1S/C17H22O6/c1-3-4-5-10-22-16(19)11-21-12-17(20)23-15-8-6-14(7-9-15)13(2)18/h6-9H,3-5,10-12H2,1-2H3. The lowest BCUT2D eigenvalue weighted by Crippen LogP contribution is -2.20. The van der Waals surface area contributed by atoms with Crippen molar-refractivity contribution in [3.63, 3.8) is 0 Å². The number of unbranched alkanes of at least 4 members (excludes halogenated alkanes) is 2. The first kappa shape index (κ1) is 18.8. The molecule has 0 aromatic heterocycles. The van der Waals surface area contributed by atoms with Gasteiger partial charge in [0.1, 0.15) is 19.0 Å². The second-order valence-electron chi connectivity index (χ2n) is 4.98. The van der Waals surface area contributed by atoms with Gasteiger partial charge < -0.3 is 14.2 Å². The zero-order chi connectivity index (χ0) is 17.1. The van der Waals surface area contributed by atoms with Gasteiger partial charge in [0.05, 0.1) is 6.61 Å². The number of carbonyl (C=O) groups is 3. The Kier molecular flexibility index (Phi) is 8.60. The summed E-state index contributed by atoms with van der Waals surface area (Å²) in [6.45, 7) is 3.24. The zero-order valence-corrected chi connectivity index (χ0v) is 13.5. The van der Waals surface area contributed by atoms with Gasteiger partial charge in [0, 0.05) is 5.56 Å². The molecule has 0 amide bonds. The predicted octanol–water partition coefficient (Wildman–Crippen LogP) is 2.54. The van der Waals surface area contributed by atoms with Crippen LogP contribution >= 0.6 is 0 Å². The Labute approximate surface area is 135 Å². The Morgan fingerprint density at radius 1 is 0.957 bits per heavy atom. The Bertz CT molecular complexity index is 520. The van der Waals surface area contributed by atoms with Crippen molar-refractivity contribution < 1.29 is 28.6 Å². The molecular weight excluding hydrogens is 300 g/mol. The molecule has 23 heavy (non-hydrogen) atoms. The van der Waals surface area contributed by atoms with Gasteiger partial charge in [-0.25, -0.2) is 9.59 Å². The van der Waals surface area contributed by atoms with Crippen LogP contribution in [0.1, 0.15) is 43.5 Å². The molecule has 1 aromatic rings. The highest BCUT2D eigenvalue weighted by atomic mass is 16.6. The van der Waals surface area contributed by atoms with Crippen LogP contribution in [0.15, 0.2) is 24.3 Å². The molecule has 6 nitrogen and oxygen atoms in total. The lowest BCUT2D eigenvalue weighted by atomic mass is 10.1.